The molecule has 0 aromatic heterocycles. The van der Waals surface area contributed by atoms with E-state index < -0.39 is 5.09 Å². The van der Waals surface area contributed by atoms with Crippen LogP contribution in [0.5, 0.6) is 0 Å². The van der Waals surface area contributed by atoms with Gasteiger partial charge in [-0.3, -0.25) is 0 Å². The molecule has 0 aliphatic rings. The van der Waals surface area contributed by atoms with Crippen LogP contribution in [-0.4, -0.2) is 24.8 Å². The van der Waals surface area contributed by atoms with Crippen LogP contribution in [0.15, 0.2) is 0 Å². The molecule has 72 valence electrons. The van der Waals surface area contributed by atoms with E-state index in [0.717, 1.165) is 13.0 Å². The Bertz CT molecular complexity index is 128. The van der Waals surface area contributed by atoms with Crippen molar-refractivity contribution < 1.29 is 9.92 Å². The maximum Gasteiger partial charge on any atom is 0.294 e. The van der Waals surface area contributed by atoms with Gasteiger partial charge >= 0.3 is 0 Å². The Balaban J connectivity index is 2.96. The summed E-state index contributed by atoms with van der Waals surface area (Å²) in [4.78, 5) is 13.8. The van der Waals surface area contributed by atoms with Crippen LogP contribution in [0.1, 0.15) is 20.3 Å². The largest absolute Gasteiger partial charge is 0.315 e. The fourth-order valence-electron chi connectivity index (χ4n) is 0.708. The first-order chi connectivity index (χ1) is 5.63. The summed E-state index contributed by atoms with van der Waals surface area (Å²) in [6, 6.07) is 0. The van der Waals surface area contributed by atoms with Crippen LogP contribution in [-0.2, 0) is 4.84 Å². The Morgan fingerprint density at radius 3 is 2.67 bits per heavy atom. The van der Waals surface area contributed by atoms with Gasteiger partial charge in [-0.15, -0.1) is 10.1 Å². The molecule has 12 heavy (non-hydrogen) atoms. The van der Waals surface area contributed by atoms with E-state index in [2.05, 4.69) is 24.0 Å². The van der Waals surface area contributed by atoms with Crippen molar-refractivity contribution in [3.05, 3.63) is 10.1 Å². The Morgan fingerprint density at radius 2 is 2.17 bits per heavy atom. The van der Waals surface area contributed by atoms with Gasteiger partial charge < -0.3 is 10.2 Å². The zero-order chi connectivity index (χ0) is 9.40. The van der Waals surface area contributed by atoms with Crippen molar-refractivity contribution in [1.82, 2.24) is 5.32 Å². The summed E-state index contributed by atoms with van der Waals surface area (Å²) in [5.41, 5.74) is 0. The van der Waals surface area contributed by atoms with Crippen molar-refractivity contribution >= 4 is 0 Å². The molecule has 0 radical (unpaired) electrons. The average molecular weight is 176 g/mol. The second-order valence-electron chi connectivity index (χ2n) is 2.99. The summed E-state index contributed by atoms with van der Waals surface area (Å²) < 4.78 is 0. The zero-order valence-corrected chi connectivity index (χ0v) is 7.58. The molecule has 1 N–H and O–H groups in total. The SMILES string of the molecule is CC(C)CCNCCO[N+](=O)[O-]. The van der Waals surface area contributed by atoms with Crippen molar-refractivity contribution in [3.63, 3.8) is 0 Å². The molecule has 0 fully saturated rings. The fraction of sp³-hybridized carbons (Fsp3) is 1.00. The van der Waals surface area contributed by atoms with Crippen molar-refractivity contribution in [2.24, 2.45) is 5.92 Å². The van der Waals surface area contributed by atoms with Crippen LogP contribution in [0.25, 0.3) is 0 Å². The molecule has 0 aliphatic heterocycles. The van der Waals surface area contributed by atoms with E-state index >= 15 is 0 Å². The van der Waals surface area contributed by atoms with Crippen LogP contribution in [0, 0.1) is 16.0 Å². The van der Waals surface area contributed by atoms with E-state index in [9.17, 15) is 10.1 Å². The first kappa shape index (κ1) is 11.2. The average Bonchev–Trinajstić information content (AvgIpc) is 1.95. The summed E-state index contributed by atoms with van der Waals surface area (Å²) in [5.74, 6) is 0.661. The molecule has 0 aromatic rings. The Hall–Kier alpha value is -0.840. The van der Waals surface area contributed by atoms with Gasteiger partial charge in [-0.2, -0.15) is 0 Å². The third-order valence-corrected chi connectivity index (χ3v) is 1.37. The molecular formula is C7H16N2O3. The molecule has 0 bridgehead atoms. The predicted molar refractivity (Wildman–Crippen MR) is 45.3 cm³/mol. The number of hydrogen-bond acceptors (Lipinski definition) is 4. The molecule has 0 spiro atoms. The number of nitrogens with zero attached hydrogens (tertiary/aromatic N) is 1. The van der Waals surface area contributed by atoms with Crippen LogP contribution < -0.4 is 5.32 Å². The molecule has 5 heteroatoms. The topological polar surface area (TPSA) is 64.4 Å². The minimum atomic E-state index is -0.774. The summed E-state index contributed by atoms with van der Waals surface area (Å²) in [6.45, 7) is 5.82. The number of rotatable bonds is 7. The number of hydrogen-bond donors (Lipinski definition) is 1. The monoisotopic (exact) mass is 176 g/mol. The maximum absolute atomic E-state index is 9.70. The smallest absolute Gasteiger partial charge is 0.294 e. The van der Waals surface area contributed by atoms with E-state index in [-0.39, 0.29) is 6.61 Å². The van der Waals surface area contributed by atoms with Gasteiger partial charge in [0.25, 0.3) is 5.09 Å². The van der Waals surface area contributed by atoms with Gasteiger partial charge in [0.1, 0.15) is 6.61 Å². The van der Waals surface area contributed by atoms with Crippen LogP contribution in [0.4, 0.5) is 0 Å². The molecule has 5 nitrogen and oxygen atoms in total. The van der Waals surface area contributed by atoms with E-state index in [1.807, 2.05) is 0 Å². The highest BCUT2D eigenvalue weighted by molar-refractivity contribution is 4.49. The predicted octanol–water partition coefficient (Wildman–Crippen LogP) is 0.830. The van der Waals surface area contributed by atoms with Crippen molar-refractivity contribution in [2.45, 2.75) is 20.3 Å². The van der Waals surface area contributed by atoms with E-state index in [4.69, 9.17) is 0 Å². The summed E-state index contributed by atoms with van der Waals surface area (Å²) in [7, 11) is 0. The minimum absolute atomic E-state index is 0.130. The molecule has 0 atom stereocenters. The van der Waals surface area contributed by atoms with E-state index in [0.29, 0.717) is 12.5 Å². The lowest BCUT2D eigenvalue weighted by Gasteiger charge is -2.05. The van der Waals surface area contributed by atoms with Crippen molar-refractivity contribution in [3.8, 4) is 0 Å². The Kier molecular flexibility index (Phi) is 6.37. The molecule has 0 amide bonds. The minimum Gasteiger partial charge on any atom is -0.315 e. The molecule has 0 saturated heterocycles. The third-order valence-electron chi connectivity index (χ3n) is 1.37. The lowest BCUT2D eigenvalue weighted by molar-refractivity contribution is -0.757. The maximum atomic E-state index is 9.70. The molecular weight excluding hydrogens is 160 g/mol. The molecule has 0 heterocycles. The molecule has 0 saturated carbocycles. The van der Waals surface area contributed by atoms with Gasteiger partial charge in [0, 0.05) is 6.54 Å². The lowest BCUT2D eigenvalue weighted by atomic mass is 10.1. The summed E-state index contributed by atoms with van der Waals surface area (Å²) >= 11 is 0. The van der Waals surface area contributed by atoms with Gasteiger partial charge in [-0.05, 0) is 18.9 Å². The number of nitrogens with one attached hydrogen (secondary N) is 1. The van der Waals surface area contributed by atoms with Crippen LogP contribution in [0.2, 0.25) is 0 Å². The summed E-state index contributed by atoms with van der Waals surface area (Å²) in [6.07, 6.45) is 1.08. The Morgan fingerprint density at radius 1 is 1.50 bits per heavy atom. The first-order valence-corrected chi connectivity index (χ1v) is 4.11. The fourth-order valence-corrected chi connectivity index (χ4v) is 0.708. The molecule has 0 unspecified atom stereocenters. The van der Waals surface area contributed by atoms with Crippen molar-refractivity contribution in [1.29, 1.82) is 0 Å². The highest BCUT2D eigenvalue weighted by Gasteiger charge is 1.95. The highest BCUT2D eigenvalue weighted by Crippen LogP contribution is 1.95. The second-order valence-corrected chi connectivity index (χ2v) is 2.99. The van der Waals surface area contributed by atoms with Gasteiger partial charge in [0.2, 0.25) is 0 Å². The lowest BCUT2D eigenvalue weighted by Crippen LogP contribution is -2.22. The van der Waals surface area contributed by atoms with Gasteiger partial charge in [-0.25, -0.2) is 0 Å². The van der Waals surface area contributed by atoms with Gasteiger partial charge in [-0.1, -0.05) is 13.8 Å². The Labute approximate surface area is 72.2 Å². The van der Waals surface area contributed by atoms with Gasteiger partial charge in [0.15, 0.2) is 0 Å². The van der Waals surface area contributed by atoms with E-state index in [1.165, 1.54) is 0 Å². The van der Waals surface area contributed by atoms with Gasteiger partial charge in [0.05, 0.1) is 0 Å². The zero-order valence-electron chi connectivity index (χ0n) is 7.58. The molecule has 0 aromatic carbocycles. The standard InChI is InChI=1S/C7H16N2O3/c1-7(2)3-4-8-5-6-12-9(10)11/h7-8H,3-6H2,1-2H3. The molecule has 0 rings (SSSR count). The normalized spacial score (nSPS) is 10.2. The van der Waals surface area contributed by atoms with Crippen LogP contribution >= 0.6 is 0 Å². The second kappa shape index (κ2) is 6.84. The van der Waals surface area contributed by atoms with Crippen LogP contribution in [0.3, 0.4) is 0 Å². The third kappa shape index (κ3) is 9.16. The first-order valence-electron chi connectivity index (χ1n) is 4.11. The quantitative estimate of drug-likeness (QED) is 0.354. The molecule has 0 aliphatic carbocycles. The summed E-state index contributed by atoms with van der Waals surface area (Å²) in [5, 5.41) is 12.0. The highest BCUT2D eigenvalue weighted by atomic mass is 16.9. The van der Waals surface area contributed by atoms with Crippen molar-refractivity contribution in [2.75, 3.05) is 19.7 Å². The van der Waals surface area contributed by atoms with E-state index in [1.54, 1.807) is 0 Å².